The van der Waals surface area contributed by atoms with Gasteiger partial charge < -0.3 is 15.0 Å². The number of piperidine rings is 1. The van der Waals surface area contributed by atoms with Crippen molar-refractivity contribution < 1.29 is 9.59 Å². The third-order valence-corrected chi connectivity index (χ3v) is 2.80. The summed E-state index contributed by atoms with van der Waals surface area (Å²) in [5.41, 5.74) is 0. The normalized spacial score (nSPS) is 18.7. The molecule has 0 saturated carbocycles. The molecular weight excluding hydrogens is 192 g/mol. The fourth-order valence-electron chi connectivity index (χ4n) is 1.69. The van der Waals surface area contributed by atoms with Crippen LogP contribution in [0.2, 0.25) is 0 Å². The molecule has 0 aromatic heterocycles. The Morgan fingerprint density at radius 2 is 1.87 bits per heavy atom. The Kier molecular flexibility index (Phi) is 4.59. The number of carbonyl (C=O) groups is 2. The third-order valence-electron chi connectivity index (χ3n) is 2.80. The molecule has 86 valence electrons. The van der Waals surface area contributed by atoms with E-state index in [4.69, 9.17) is 0 Å². The molecule has 1 rings (SSSR count). The van der Waals surface area contributed by atoms with Gasteiger partial charge in [-0.1, -0.05) is 13.8 Å². The van der Waals surface area contributed by atoms with Gasteiger partial charge in [0.1, 0.15) is 6.29 Å². The van der Waals surface area contributed by atoms with Crippen molar-refractivity contribution in [3.8, 4) is 0 Å². The van der Waals surface area contributed by atoms with E-state index >= 15 is 0 Å². The predicted octanol–water partition coefficient (Wildman–Crippen LogP) is 1.41. The smallest absolute Gasteiger partial charge is 0.317 e. The molecule has 2 amide bonds. The van der Waals surface area contributed by atoms with E-state index in [-0.39, 0.29) is 18.0 Å². The summed E-state index contributed by atoms with van der Waals surface area (Å²) in [4.78, 5) is 24.3. The van der Waals surface area contributed by atoms with Crippen molar-refractivity contribution in [2.45, 2.75) is 39.2 Å². The second kappa shape index (κ2) is 5.73. The zero-order valence-corrected chi connectivity index (χ0v) is 9.53. The van der Waals surface area contributed by atoms with Crippen LogP contribution in [0.1, 0.15) is 33.1 Å². The lowest BCUT2D eigenvalue weighted by Crippen LogP contribution is -2.48. The lowest BCUT2D eigenvalue weighted by Gasteiger charge is -2.28. The van der Waals surface area contributed by atoms with E-state index in [0.717, 1.165) is 32.2 Å². The SMILES string of the molecule is CC(C)[C@@H](C=O)NC(=O)N1CCCCC1. The van der Waals surface area contributed by atoms with Gasteiger partial charge in [0.15, 0.2) is 0 Å². The number of carbonyl (C=O) groups excluding carboxylic acids is 2. The standard InChI is InChI=1S/C11H20N2O2/c1-9(2)10(8-14)12-11(15)13-6-4-3-5-7-13/h8-10H,3-7H2,1-2H3,(H,12,15)/t10-/m1/s1. The molecule has 0 aromatic rings. The lowest BCUT2D eigenvalue weighted by atomic mass is 10.1. The predicted molar refractivity (Wildman–Crippen MR) is 58.6 cm³/mol. The zero-order chi connectivity index (χ0) is 11.3. The highest BCUT2D eigenvalue weighted by atomic mass is 16.2. The monoisotopic (exact) mass is 212 g/mol. The first-order valence-electron chi connectivity index (χ1n) is 5.66. The Labute approximate surface area is 91.0 Å². The van der Waals surface area contributed by atoms with Crippen LogP contribution in [0, 0.1) is 5.92 Å². The summed E-state index contributed by atoms with van der Waals surface area (Å²) < 4.78 is 0. The number of nitrogens with one attached hydrogen (secondary N) is 1. The molecule has 0 aromatic carbocycles. The largest absolute Gasteiger partial charge is 0.328 e. The maximum atomic E-state index is 11.7. The molecule has 0 unspecified atom stereocenters. The molecule has 0 bridgehead atoms. The molecular formula is C11H20N2O2. The second-order valence-electron chi connectivity index (χ2n) is 4.40. The molecule has 4 nitrogen and oxygen atoms in total. The van der Waals surface area contributed by atoms with Crippen molar-refractivity contribution in [2.24, 2.45) is 5.92 Å². The minimum absolute atomic E-state index is 0.0968. The molecule has 1 saturated heterocycles. The number of likely N-dealkylation sites (tertiary alicyclic amines) is 1. The van der Waals surface area contributed by atoms with E-state index in [9.17, 15) is 9.59 Å². The number of urea groups is 1. The molecule has 1 fully saturated rings. The van der Waals surface area contributed by atoms with Crippen molar-refractivity contribution in [1.29, 1.82) is 0 Å². The Balaban J connectivity index is 2.42. The van der Waals surface area contributed by atoms with Crippen LogP contribution in [0.15, 0.2) is 0 Å². The molecule has 0 radical (unpaired) electrons. The van der Waals surface area contributed by atoms with Crippen LogP contribution in [0.25, 0.3) is 0 Å². The van der Waals surface area contributed by atoms with Gasteiger partial charge in [-0.3, -0.25) is 0 Å². The summed E-state index contributed by atoms with van der Waals surface area (Å²) in [7, 11) is 0. The Morgan fingerprint density at radius 1 is 1.27 bits per heavy atom. The van der Waals surface area contributed by atoms with Crippen LogP contribution >= 0.6 is 0 Å². The average Bonchev–Trinajstić information content (AvgIpc) is 2.26. The fraction of sp³-hybridized carbons (Fsp3) is 0.818. The molecule has 1 atom stereocenters. The highest BCUT2D eigenvalue weighted by Gasteiger charge is 2.20. The second-order valence-corrected chi connectivity index (χ2v) is 4.40. The molecule has 1 N–H and O–H groups in total. The van der Waals surface area contributed by atoms with Gasteiger partial charge >= 0.3 is 6.03 Å². The number of nitrogens with zero attached hydrogens (tertiary/aromatic N) is 1. The molecule has 0 spiro atoms. The van der Waals surface area contributed by atoms with Gasteiger partial charge in [0.2, 0.25) is 0 Å². The van der Waals surface area contributed by atoms with E-state index in [0.29, 0.717) is 0 Å². The van der Waals surface area contributed by atoms with Crippen LogP contribution in [0.3, 0.4) is 0 Å². The number of rotatable bonds is 3. The first kappa shape index (κ1) is 12.0. The summed E-state index contributed by atoms with van der Waals surface area (Å²) >= 11 is 0. The molecule has 15 heavy (non-hydrogen) atoms. The molecule has 1 aliphatic heterocycles. The number of hydrogen-bond acceptors (Lipinski definition) is 2. The minimum Gasteiger partial charge on any atom is -0.328 e. The molecule has 0 aliphatic carbocycles. The first-order chi connectivity index (χ1) is 7.15. The Bertz CT molecular complexity index is 223. The highest BCUT2D eigenvalue weighted by molar-refractivity contribution is 5.78. The zero-order valence-electron chi connectivity index (χ0n) is 9.53. The van der Waals surface area contributed by atoms with Crippen molar-refractivity contribution in [2.75, 3.05) is 13.1 Å². The van der Waals surface area contributed by atoms with E-state index in [1.807, 2.05) is 13.8 Å². The number of aldehydes is 1. The average molecular weight is 212 g/mol. The Hall–Kier alpha value is -1.06. The topological polar surface area (TPSA) is 49.4 Å². The van der Waals surface area contributed by atoms with Crippen LogP contribution in [0.4, 0.5) is 4.79 Å². The van der Waals surface area contributed by atoms with Crippen molar-refractivity contribution >= 4 is 12.3 Å². The quantitative estimate of drug-likeness (QED) is 0.719. The van der Waals surface area contributed by atoms with E-state index in [1.165, 1.54) is 6.42 Å². The van der Waals surface area contributed by atoms with E-state index < -0.39 is 0 Å². The summed E-state index contributed by atoms with van der Waals surface area (Å²) in [6.45, 7) is 5.48. The van der Waals surface area contributed by atoms with Gasteiger partial charge in [0, 0.05) is 13.1 Å². The first-order valence-corrected chi connectivity index (χ1v) is 5.66. The van der Waals surface area contributed by atoms with Crippen molar-refractivity contribution in [3.05, 3.63) is 0 Å². The van der Waals surface area contributed by atoms with Gasteiger partial charge in [-0.05, 0) is 25.2 Å². The van der Waals surface area contributed by atoms with Crippen LogP contribution in [-0.4, -0.2) is 36.3 Å². The van der Waals surface area contributed by atoms with Gasteiger partial charge in [0.25, 0.3) is 0 Å². The minimum atomic E-state index is -0.362. The van der Waals surface area contributed by atoms with Crippen LogP contribution in [-0.2, 0) is 4.79 Å². The summed E-state index contributed by atoms with van der Waals surface area (Å²) in [5.74, 6) is 0.149. The number of hydrogen-bond donors (Lipinski definition) is 1. The van der Waals surface area contributed by atoms with E-state index in [1.54, 1.807) is 4.90 Å². The maximum absolute atomic E-state index is 11.7. The number of amides is 2. The van der Waals surface area contributed by atoms with Crippen molar-refractivity contribution in [1.82, 2.24) is 10.2 Å². The van der Waals surface area contributed by atoms with Gasteiger partial charge in [-0.15, -0.1) is 0 Å². The maximum Gasteiger partial charge on any atom is 0.317 e. The summed E-state index contributed by atoms with van der Waals surface area (Å²) in [6.07, 6.45) is 4.15. The van der Waals surface area contributed by atoms with Gasteiger partial charge in [-0.2, -0.15) is 0 Å². The van der Waals surface area contributed by atoms with Crippen molar-refractivity contribution in [3.63, 3.8) is 0 Å². The molecule has 1 aliphatic rings. The third kappa shape index (κ3) is 3.53. The molecule has 4 heteroatoms. The Morgan fingerprint density at radius 3 is 2.33 bits per heavy atom. The summed E-state index contributed by atoms with van der Waals surface area (Å²) in [5, 5.41) is 2.75. The highest BCUT2D eigenvalue weighted by Crippen LogP contribution is 2.09. The van der Waals surface area contributed by atoms with Crippen LogP contribution in [0.5, 0.6) is 0 Å². The lowest BCUT2D eigenvalue weighted by molar-refractivity contribution is -0.110. The fourth-order valence-corrected chi connectivity index (χ4v) is 1.69. The molecule has 1 heterocycles. The van der Waals surface area contributed by atoms with Gasteiger partial charge in [-0.25, -0.2) is 4.79 Å². The van der Waals surface area contributed by atoms with Gasteiger partial charge in [0.05, 0.1) is 6.04 Å². The summed E-state index contributed by atoms with van der Waals surface area (Å²) in [6, 6.07) is -0.458. The van der Waals surface area contributed by atoms with Crippen LogP contribution < -0.4 is 5.32 Å². The van der Waals surface area contributed by atoms with E-state index in [2.05, 4.69) is 5.32 Å².